The summed E-state index contributed by atoms with van der Waals surface area (Å²) in [4.78, 5) is 28.6. The van der Waals surface area contributed by atoms with Crippen molar-refractivity contribution in [3.05, 3.63) is 29.3 Å². The number of piperidine rings is 1. The molecule has 2 aliphatic heterocycles. The molecule has 0 aromatic heterocycles. The minimum atomic E-state index is -0.482. The molecule has 0 bridgehead atoms. The molecule has 2 amide bonds. The molecule has 1 unspecified atom stereocenters. The molecule has 142 valence electrons. The van der Waals surface area contributed by atoms with Crippen LogP contribution in [0.4, 0.5) is 4.79 Å². The summed E-state index contributed by atoms with van der Waals surface area (Å²) in [7, 11) is 0. The molecule has 0 radical (unpaired) electrons. The van der Waals surface area contributed by atoms with Gasteiger partial charge in [0.1, 0.15) is 11.4 Å². The summed E-state index contributed by atoms with van der Waals surface area (Å²) >= 11 is 0. The molecule has 6 heteroatoms. The Hall–Kier alpha value is -2.24. The number of aromatic hydroxyl groups is 1. The van der Waals surface area contributed by atoms with Crippen molar-refractivity contribution in [3.8, 4) is 5.75 Å². The molecule has 1 atom stereocenters. The predicted octanol–water partition coefficient (Wildman–Crippen LogP) is 3.32. The lowest BCUT2D eigenvalue weighted by Crippen LogP contribution is -2.49. The third-order valence-corrected chi connectivity index (χ3v) is 5.67. The normalized spacial score (nSPS) is 20.3. The number of amides is 2. The van der Waals surface area contributed by atoms with Crippen LogP contribution in [-0.4, -0.2) is 58.2 Å². The van der Waals surface area contributed by atoms with Gasteiger partial charge in [0.2, 0.25) is 0 Å². The molecule has 0 aliphatic carbocycles. The van der Waals surface area contributed by atoms with E-state index in [0.29, 0.717) is 43.6 Å². The number of hydrogen-bond acceptors (Lipinski definition) is 4. The van der Waals surface area contributed by atoms with Gasteiger partial charge >= 0.3 is 6.09 Å². The van der Waals surface area contributed by atoms with Gasteiger partial charge in [0.25, 0.3) is 5.91 Å². The minimum absolute atomic E-state index is 0.0460. The lowest BCUT2D eigenvalue weighted by Gasteiger charge is -2.37. The van der Waals surface area contributed by atoms with Crippen LogP contribution in [0, 0.1) is 6.92 Å². The van der Waals surface area contributed by atoms with Gasteiger partial charge in [-0.05, 0) is 31.9 Å². The van der Waals surface area contributed by atoms with Crippen LogP contribution in [0.3, 0.4) is 0 Å². The van der Waals surface area contributed by atoms with Gasteiger partial charge in [0.05, 0.1) is 12.1 Å². The summed E-state index contributed by atoms with van der Waals surface area (Å²) in [5, 5.41) is 10.2. The highest BCUT2D eigenvalue weighted by Gasteiger charge is 2.48. The molecule has 1 aromatic rings. The predicted molar refractivity (Wildman–Crippen MR) is 98.3 cm³/mol. The Morgan fingerprint density at radius 1 is 1.35 bits per heavy atom. The lowest BCUT2D eigenvalue weighted by atomic mass is 9.90. The zero-order valence-corrected chi connectivity index (χ0v) is 15.8. The molecule has 2 saturated heterocycles. The standard InChI is InChI=1S/C20H28N2O4/c1-4-6-15(3)22-13-20(26-19(22)25)9-11-21(12-10-20)18(24)16-8-5-7-14(2)17(16)23/h5,7-8,15,23H,4,6,9-13H2,1-3H3. The Kier molecular flexibility index (Phi) is 5.12. The van der Waals surface area contributed by atoms with Crippen LogP contribution in [0.25, 0.3) is 0 Å². The number of ether oxygens (including phenoxy) is 1. The van der Waals surface area contributed by atoms with E-state index in [4.69, 9.17) is 4.74 Å². The van der Waals surface area contributed by atoms with E-state index < -0.39 is 5.60 Å². The van der Waals surface area contributed by atoms with E-state index in [1.54, 1.807) is 30.0 Å². The molecule has 1 spiro atoms. The lowest BCUT2D eigenvalue weighted by molar-refractivity contribution is 0.00300. The smallest absolute Gasteiger partial charge is 0.410 e. The molecule has 1 N–H and O–H groups in total. The van der Waals surface area contributed by atoms with E-state index >= 15 is 0 Å². The summed E-state index contributed by atoms with van der Waals surface area (Å²) < 4.78 is 5.75. The molecular formula is C20H28N2O4. The van der Waals surface area contributed by atoms with Crippen molar-refractivity contribution in [2.75, 3.05) is 19.6 Å². The highest BCUT2D eigenvalue weighted by Crippen LogP contribution is 2.35. The van der Waals surface area contributed by atoms with Crippen molar-refractivity contribution >= 4 is 12.0 Å². The zero-order chi connectivity index (χ0) is 18.9. The molecule has 1 aromatic carbocycles. The van der Waals surface area contributed by atoms with Gasteiger partial charge in [-0.15, -0.1) is 0 Å². The Balaban J connectivity index is 1.65. The third kappa shape index (κ3) is 3.37. The minimum Gasteiger partial charge on any atom is -0.507 e. The van der Waals surface area contributed by atoms with E-state index in [9.17, 15) is 14.7 Å². The number of phenolic OH excluding ortho intramolecular Hbond substituents is 1. The monoisotopic (exact) mass is 360 g/mol. The van der Waals surface area contributed by atoms with E-state index in [-0.39, 0.29) is 23.8 Å². The number of hydrogen-bond donors (Lipinski definition) is 1. The largest absolute Gasteiger partial charge is 0.507 e. The molecule has 26 heavy (non-hydrogen) atoms. The number of para-hydroxylation sites is 1. The summed E-state index contributed by atoms with van der Waals surface area (Å²) in [5.74, 6) is -0.119. The summed E-state index contributed by atoms with van der Waals surface area (Å²) in [6.45, 7) is 7.60. The van der Waals surface area contributed by atoms with E-state index in [0.717, 1.165) is 12.8 Å². The fourth-order valence-electron chi connectivity index (χ4n) is 3.94. The Bertz CT molecular complexity index is 695. The van der Waals surface area contributed by atoms with E-state index in [1.807, 2.05) is 4.90 Å². The number of likely N-dealkylation sites (tertiary alicyclic amines) is 1. The zero-order valence-electron chi connectivity index (χ0n) is 15.8. The molecule has 3 rings (SSSR count). The van der Waals surface area contributed by atoms with Crippen LogP contribution in [0.1, 0.15) is 55.5 Å². The molecular weight excluding hydrogens is 332 g/mol. The second-order valence-corrected chi connectivity index (χ2v) is 7.58. The van der Waals surface area contributed by atoms with E-state index in [2.05, 4.69) is 13.8 Å². The van der Waals surface area contributed by atoms with Crippen LogP contribution in [0.15, 0.2) is 18.2 Å². The van der Waals surface area contributed by atoms with Gasteiger partial charge in [0, 0.05) is 32.0 Å². The average molecular weight is 360 g/mol. The van der Waals surface area contributed by atoms with Gasteiger partial charge in [-0.1, -0.05) is 25.5 Å². The van der Waals surface area contributed by atoms with Crippen LogP contribution in [-0.2, 0) is 4.74 Å². The first kappa shape index (κ1) is 18.5. The quantitative estimate of drug-likeness (QED) is 0.894. The van der Waals surface area contributed by atoms with Gasteiger partial charge in [-0.3, -0.25) is 4.79 Å². The number of phenols is 1. The number of benzene rings is 1. The average Bonchev–Trinajstić information content (AvgIpc) is 2.94. The number of aryl methyl sites for hydroxylation is 1. The first-order valence-corrected chi connectivity index (χ1v) is 9.44. The SMILES string of the molecule is CCCC(C)N1CC2(CCN(C(=O)c3cccc(C)c3O)CC2)OC1=O. The Morgan fingerprint density at radius 2 is 2.04 bits per heavy atom. The van der Waals surface area contributed by atoms with Crippen molar-refractivity contribution in [1.82, 2.24) is 9.80 Å². The number of rotatable bonds is 4. The molecule has 2 aliphatic rings. The maximum atomic E-state index is 12.7. The fraction of sp³-hybridized carbons (Fsp3) is 0.600. The van der Waals surface area contributed by atoms with Gasteiger partial charge in [-0.2, -0.15) is 0 Å². The fourth-order valence-corrected chi connectivity index (χ4v) is 3.94. The van der Waals surface area contributed by atoms with Crippen LogP contribution < -0.4 is 0 Å². The first-order chi connectivity index (χ1) is 12.4. The Morgan fingerprint density at radius 3 is 2.69 bits per heavy atom. The molecule has 0 saturated carbocycles. The topological polar surface area (TPSA) is 70.1 Å². The maximum absolute atomic E-state index is 12.7. The van der Waals surface area contributed by atoms with Crippen LogP contribution in [0.2, 0.25) is 0 Å². The van der Waals surface area contributed by atoms with Crippen molar-refractivity contribution in [2.45, 2.75) is 58.1 Å². The maximum Gasteiger partial charge on any atom is 0.410 e. The van der Waals surface area contributed by atoms with Gasteiger partial charge < -0.3 is 19.6 Å². The van der Waals surface area contributed by atoms with Gasteiger partial charge in [-0.25, -0.2) is 4.79 Å². The van der Waals surface area contributed by atoms with Crippen molar-refractivity contribution in [1.29, 1.82) is 0 Å². The summed E-state index contributed by atoms with van der Waals surface area (Å²) in [5.41, 5.74) is 0.544. The summed E-state index contributed by atoms with van der Waals surface area (Å²) in [6.07, 6.45) is 3.02. The number of nitrogens with zero attached hydrogens (tertiary/aromatic N) is 2. The number of carbonyl (C=O) groups excluding carboxylic acids is 2. The second-order valence-electron chi connectivity index (χ2n) is 7.58. The van der Waals surface area contributed by atoms with Crippen LogP contribution in [0.5, 0.6) is 5.75 Å². The molecule has 6 nitrogen and oxygen atoms in total. The Labute approximate surface area is 154 Å². The van der Waals surface area contributed by atoms with Crippen molar-refractivity contribution in [3.63, 3.8) is 0 Å². The van der Waals surface area contributed by atoms with E-state index in [1.165, 1.54) is 0 Å². The first-order valence-electron chi connectivity index (χ1n) is 9.44. The third-order valence-electron chi connectivity index (χ3n) is 5.67. The van der Waals surface area contributed by atoms with Crippen molar-refractivity contribution < 1.29 is 19.4 Å². The second kappa shape index (κ2) is 7.17. The van der Waals surface area contributed by atoms with Crippen molar-refractivity contribution in [2.24, 2.45) is 0 Å². The highest BCUT2D eigenvalue weighted by atomic mass is 16.6. The van der Waals surface area contributed by atoms with Crippen LogP contribution >= 0.6 is 0 Å². The molecule has 2 fully saturated rings. The highest BCUT2D eigenvalue weighted by molar-refractivity contribution is 5.97. The molecule has 2 heterocycles. The van der Waals surface area contributed by atoms with Gasteiger partial charge in [0.15, 0.2) is 0 Å². The number of carbonyl (C=O) groups is 2. The summed E-state index contributed by atoms with van der Waals surface area (Å²) in [6, 6.07) is 5.38.